The van der Waals surface area contributed by atoms with Gasteiger partial charge in [-0.3, -0.25) is 4.79 Å². The van der Waals surface area contributed by atoms with E-state index in [1.54, 1.807) is 6.92 Å². The van der Waals surface area contributed by atoms with E-state index in [4.69, 9.17) is 0 Å². The molecule has 2 rings (SSSR count). The zero-order chi connectivity index (χ0) is 12.4. The van der Waals surface area contributed by atoms with Crippen LogP contribution in [0.2, 0.25) is 0 Å². The molecule has 0 amide bonds. The molecule has 0 aliphatic rings. The predicted molar refractivity (Wildman–Crippen MR) is 72.5 cm³/mol. The van der Waals surface area contributed by atoms with Gasteiger partial charge in [-0.25, -0.2) is 0 Å². The molecule has 0 heterocycles. The number of fused-ring (bicyclic) bond motifs is 1. The molecule has 1 heteroatoms. The quantitative estimate of drug-likeness (QED) is 0.715. The third-order valence-corrected chi connectivity index (χ3v) is 3.02. The lowest BCUT2D eigenvalue weighted by Crippen LogP contribution is -1.99. The smallest absolute Gasteiger partial charge is 0.160 e. The van der Waals surface area contributed by atoms with Crippen molar-refractivity contribution in [3.05, 3.63) is 47.5 Å². The zero-order valence-electron chi connectivity index (χ0n) is 10.7. The number of Topliss-reactive ketones (excluding diaryl/α,β-unsaturated/α-hetero) is 1. The molecular weight excluding hydrogens is 208 g/mol. The van der Waals surface area contributed by atoms with Gasteiger partial charge in [0.15, 0.2) is 5.78 Å². The molecule has 88 valence electrons. The molecule has 0 aliphatic heterocycles. The number of carbonyl (C=O) groups excluding carboxylic acids is 1. The molecule has 0 saturated carbocycles. The highest BCUT2D eigenvalue weighted by Gasteiger charge is 2.09. The number of benzene rings is 2. The first-order valence-corrected chi connectivity index (χ1v) is 6.11. The molecule has 0 fully saturated rings. The summed E-state index contributed by atoms with van der Waals surface area (Å²) >= 11 is 0. The second-order valence-corrected chi connectivity index (χ2v) is 4.97. The number of rotatable bonds is 3. The third-order valence-electron chi connectivity index (χ3n) is 3.02. The van der Waals surface area contributed by atoms with Crippen molar-refractivity contribution in [2.45, 2.75) is 27.2 Å². The van der Waals surface area contributed by atoms with Crippen molar-refractivity contribution in [2.24, 2.45) is 5.92 Å². The average molecular weight is 226 g/mol. The Morgan fingerprint density at radius 2 is 1.71 bits per heavy atom. The van der Waals surface area contributed by atoms with Crippen LogP contribution in [0.3, 0.4) is 0 Å². The van der Waals surface area contributed by atoms with Gasteiger partial charge in [-0.15, -0.1) is 0 Å². The van der Waals surface area contributed by atoms with Gasteiger partial charge in [0.05, 0.1) is 0 Å². The van der Waals surface area contributed by atoms with E-state index in [-0.39, 0.29) is 5.78 Å². The first kappa shape index (κ1) is 11.8. The molecule has 0 unspecified atom stereocenters. The Kier molecular flexibility index (Phi) is 3.28. The van der Waals surface area contributed by atoms with Crippen LogP contribution in [0.25, 0.3) is 10.8 Å². The fourth-order valence-corrected chi connectivity index (χ4v) is 2.29. The van der Waals surface area contributed by atoms with Crippen molar-refractivity contribution in [2.75, 3.05) is 0 Å². The van der Waals surface area contributed by atoms with Crippen molar-refractivity contribution in [1.82, 2.24) is 0 Å². The highest BCUT2D eigenvalue weighted by molar-refractivity contribution is 6.07. The van der Waals surface area contributed by atoms with Crippen LogP contribution in [-0.2, 0) is 6.42 Å². The Morgan fingerprint density at radius 1 is 1.06 bits per heavy atom. The number of hydrogen-bond donors (Lipinski definition) is 0. The predicted octanol–water partition coefficient (Wildman–Crippen LogP) is 4.24. The van der Waals surface area contributed by atoms with Crippen molar-refractivity contribution in [1.29, 1.82) is 0 Å². The standard InChI is InChI=1S/C16H18O/c1-11(2)10-13-8-9-14(12(3)17)16-7-5-4-6-15(13)16/h4-9,11H,10H2,1-3H3. The van der Waals surface area contributed by atoms with Crippen LogP contribution in [0.1, 0.15) is 36.7 Å². The van der Waals surface area contributed by atoms with Gasteiger partial charge in [0.1, 0.15) is 0 Å². The molecule has 0 bridgehead atoms. The van der Waals surface area contributed by atoms with Crippen molar-refractivity contribution >= 4 is 16.6 Å². The Morgan fingerprint density at radius 3 is 2.29 bits per heavy atom. The Balaban J connectivity index is 2.66. The minimum absolute atomic E-state index is 0.136. The molecule has 0 atom stereocenters. The monoisotopic (exact) mass is 226 g/mol. The van der Waals surface area contributed by atoms with Crippen LogP contribution in [-0.4, -0.2) is 5.78 Å². The van der Waals surface area contributed by atoms with Crippen LogP contribution in [0, 0.1) is 5.92 Å². The lowest BCUT2D eigenvalue weighted by molar-refractivity contribution is 0.101. The fourth-order valence-electron chi connectivity index (χ4n) is 2.29. The molecule has 2 aromatic carbocycles. The molecule has 0 aliphatic carbocycles. The molecule has 1 nitrogen and oxygen atoms in total. The Hall–Kier alpha value is -1.63. The van der Waals surface area contributed by atoms with E-state index < -0.39 is 0 Å². The van der Waals surface area contributed by atoms with Gasteiger partial charge in [0.2, 0.25) is 0 Å². The average Bonchev–Trinajstić information content (AvgIpc) is 2.28. The molecule has 0 N–H and O–H groups in total. The highest BCUT2D eigenvalue weighted by atomic mass is 16.1. The molecular formula is C16H18O. The summed E-state index contributed by atoms with van der Waals surface area (Å²) < 4.78 is 0. The molecule has 0 saturated heterocycles. The SMILES string of the molecule is CC(=O)c1ccc(CC(C)C)c2ccccc12. The van der Waals surface area contributed by atoms with Crippen molar-refractivity contribution < 1.29 is 4.79 Å². The molecule has 17 heavy (non-hydrogen) atoms. The minimum atomic E-state index is 0.136. The number of hydrogen-bond acceptors (Lipinski definition) is 1. The minimum Gasteiger partial charge on any atom is -0.294 e. The zero-order valence-corrected chi connectivity index (χ0v) is 10.7. The summed E-state index contributed by atoms with van der Waals surface area (Å²) in [5, 5.41) is 2.30. The van der Waals surface area contributed by atoms with Crippen LogP contribution in [0.5, 0.6) is 0 Å². The summed E-state index contributed by atoms with van der Waals surface area (Å²) in [6, 6.07) is 12.2. The molecule has 2 aromatic rings. The van der Waals surface area contributed by atoms with E-state index in [9.17, 15) is 4.79 Å². The lowest BCUT2D eigenvalue weighted by Gasteiger charge is -2.11. The van der Waals surface area contributed by atoms with Crippen molar-refractivity contribution in [3.63, 3.8) is 0 Å². The second kappa shape index (κ2) is 4.70. The Bertz CT molecular complexity index is 552. The third kappa shape index (κ3) is 2.38. The summed E-state index contributed by atoms with van der Waals surface area (Å²) in [6.45, 7) is 6.06. The fraction of sp³-hybridized carbons (Fsp3) is 0.312. The number of ketones is 1. The van der Waals surface area contributed by atoms with Gasteiger partial charge in [0.25, 0.3) is 0 Å². The van der Waals surface area contributed by atoms with Crippen molar-refractivity contribution in [3.8, 4) is 0 Å². The van der Waals surface area contributed by atoms with Crippen LogP contribution < -0.4 is 0 Å². The van der Waals surface area contributed by atoms with Gasteiger partial charge >= 0.3 is 0 Å². The van der Waals surface area contributed by atoms with Gasteiger partial charge in [0, 0.05) is 5.56 Å². The van der Waals surface area contributed by atoms with Gasteiger partial charge < -0.3 is 0 Å². The van der Waals surface area contributed by atoms with Crippen LogP contribution >= 0.6 is 0 Å². The first-order valence-electron chi connectivity index (χ1n) is 6.11. The molecule has 0 aromatic heterocycles. The van der Waals surface area contributed by atoms with E-state index in [1.807, 2.05) is 24.3 Å². The van der Waals surface area contributed by atoms with E-state index >= 15 is 0 Å². The maximum Gasteiger partial charge on any atom is 0.160 e. The number of carbonyl (C=O) groups is 1. The first-order chi connectivity index (χ1) is 8.09. The van der Waals surface area contributed by atoms with Gasteiger partial charge in [-0.2, -0.15) is 0 Å². The van der Waals surface area contributed by atoms with Crippen LogP contribution in [0.15, 0.2) is 36.4 Å². The summed E-state index contributed by atoms with van der Waals surface area (Å²) in [5.74, 6) is 0.763. The highest BCUT2D eigenvalue weighted by Crippen LogP contribution is 2.25. The topological polar surface area (TPSA) is 17.1 Å². The molecule has 0 spiro atoms. The summed E-state index contributed by atoms with van der Waals surface area (Å²) in [6.07, 6.45) is 1.05. The summed E-state index contributed by atoms with van der Waals surface area (Å²) in [7, 11) is 0. The maximum atomic E-state index is 11.6. The summed E-state index contributed by atoms with van der Waals surface area (Å²) in [4.78, 5) is 11.6. The van der Waals surface area contributed by atoms with E-state index in [0.717, 1.165) is 17.4 Å². The van der Waals surface area contributed by atoms with E-state index in [0.29, 0.717) is 5.92 Å². The van der Waals surface area contributed by atoms with Gasteiger partial charge in [-0.05, 0) is 35.6 Å². The van der Waals surface area contributed by atoms with Gasteiger partial charge in [-0.1, -0.05) is 50.2 Å². The normalized spacial score (nSPS) is 11.1. The summed E-state index contributed by atoms with van der Waals surface area (Å²) in [5.41, 5.74) is 2.16. The van der Waals surface area contributed by atoms with Crippen LogP contribution in [0.4, 0.5) is 0 Å². The van der Waals surface area contributed by atoms with E-state index in [2.05, 4.69) is 26.0 Å². The lowest BCUT2D eigenvalue weighted by atomic mass is 9.93. The Labute approximate surface area is 102 Å². The molecule has 0 radical (unpaired) electrons. The van der Waals surface area contributed by atoms with E-state index in [1.165, 1.54) is 10.9 Å². The largest absolute Gasteiger partial charge is 0.294 e. The maximum absolute atomic E-state index is 11.6. The second-order valence-electron chi connectivity index (χ2n) is 4.97.